The molecular weight excluding hydrogens is 226 g/mol. The molecule has 1 aromatic carbocycles. The van der Waals surface area contributed by atoms with E-state index in [9.17, 15) is 14.9 Å². The summed E-state index contributed by atoms with van der Waals surface area (Å²) in [7, 11) is 0. The lowest BCUT2D eigenvalue weighted by atomic mass is 10.3. The normalized spacial score (nSPS) is 9.94. The number of hydrazine groups is 1. The Balaban J connectivity index is 2.57. The van der Waals surface area contributed by atoms with Crippen molar-refractivity contribution >= 4 is 23.6 Å². The first-order valence-corrected chi connectivity index (χ1v) is 4.64. The number of anilines is 1. The summed E-state index contributed by atoms with van der Waals surface area (Å²) in [4.78, 5) is 20.6. The maximum absolute atomic E-state index is 10.6. The van der Waals surface area contributed by atoms with Crippen LogP contribution in [0, 0.1) is 10.1 Å². The summed E-state index contributed by atoms with van der Waals surface area (Å²) >= 11 is 0. The van der Waals surface area contributed by atoms with Gasteiger partial charge >= 0.3 is 0 Å². The highest BCUT2D eigenvalue weighted by Gasteiger charge is 2.10. The molecule has 0 fully saturated rings. The van der Waals surface area contributed by atoms with Crippen molar-refractivity contribution in [2.24, 2.45) is 5.10 Å². The van der Waals surface area contributed by atoms with Gasteiger partial charge in [0.15, 0.2) is 0 Å². The first kappa shape index (κ1) is 12.4. The van der Waals surface area contributed by atoms with Crippen LogP contribution in [0.25, 0.3) is 0 Å². The quantitative estimate of drug-likeness (QED) is 0.300. The number of para-hydroxylation sites is 2. The number of amides is 1. The lowest BCUT2D eigenvalue weighted by molar-refractivity contribution is -0.384. The Hall–Kier alpha value is -2.64. The summed E-state index contributed by atoms with van der Waals surface area (Å²) in [5, 5.41) is 14.3. The van der Waals surface area contributed by atoms with Gasteiger partial charge in [0.05, 0.1) is 4.92 Å². The Morgan fingerprint density at radius 2 is 2.18 bits per heavy atom. The highest BCUT2D eigenvalue weighted by Crippen LogP contribution is 2.22. The van der Waals surface area contributed by atoms with Crippen LogP contribution in [-0.2, 0) is 4.79 Å². The first-order chi connectivity index (χ1) is 8.11. The molecule has 0 aromatic heterocycles. The molecule has 0 saturated heterocycles. The topological polar surface area (TPSA) is 109 Å². The van der Waals surface area contributed by atoms with Crippen molar-refractivity contribution in [2.45, 2.75) is 6.92 Å². The minimum absolute atomic E-state index is 0.0795. The number of hydrogen-bond donors (Lipinski definition) is 3. The number of carbonyl (C=O) groups excluding carboxylic acids is 1. The molecular formula is C9H11N5O3. The monoisotopic (exact) mass is 237 g/mol. The van der Waals surface area contributed by atoms with Gasteiger partial charge in [-0.05, 0) is 6.07 Å². The van der Waals surface area contributed by atoms with E-state index >= 15 is 0 Å². The molecule has 0 aliphatic heterocycles. The van der Waals surface area contributed by atoms with E-state index in [0.717, 1.165) is 6.34 Å². The van der Waals surface area contributed by atoms with E-state index < -0.39 is 4.92 Å². The Morgan fingerprint density at radius 3 is 2.82 bits per heavy atom. The Bertz CT molecular complexity index is 446. The van der Waals surface area contributed by atoms with Crippen LogP contribution in [0.15, 0.2) is 29.4 Å². The second-order valence-corrected chi connectivity index (χ2v) is 2.97. The molecule has 0 bridgehead atoms. The van der Waals surface area contributed by atoms with Crippen LogP contribution in [0.1, 0.15) is 6.92 Å². The van der Waals surface area contributed by atoms with E-state index in [2.05, 4.69) is 21.4 Å². The SMILES string of the molecule is CC(=O)NN/C=N/Nc1ccccc1[N+](=O)[O-]. The number of hydrogen-bond acceptors (Lipinski definition) is 5. The van der Waals surface area contributed by atoms with Gasteiger partial charge in [-0.15, -0.1) is 0 Å². The Kier molecular flexibility index (Phi) is 4.43. The summed E-state index contributed by atoms with van der Waals surface area (Å²) in [5.41, 5.74) is 7.30. The lowest BCUT2D eigenvalue weighted by Crippen LogP contribution is -2.34. The smallest absolute Gasteiger partial charge is 0.287 e. The lowest BCUT2D eigenvalue weighted by Gasteiger charge is -2.01. The van der Waals surface area contributed by atoms with Gasteiger partial charge in [0, 0.05) is 13.0 Å². The van der Waals surface area contributed by atoms with Crippen molar-refractivity contribution in [3.63, 3.8) is 0 Å². The number of nitrogens with one attached hydrogen (secondary N) is 3. The zero-order valence-electron chi connectivity index (χ0n) is 9.01. The zero-order chi connectivity index (χ0) is 12.7. The number of nitro groups is 1. The molecule has 1 rings (SSSR count). The largest absolute Gasteiger partial charge is 0.294 e. The maximum Gasteiger partial charge on any atom is 0.294 e. The van der Waals surface area contributed by atoms with Gasteiger partial charge in [-0.25, -0.2) is 0 Å². The molecule has 0 spiro atoms. The summed E-state index contributed by atoms with van der Waals surface area (Å²) < 4.78 is 0. The fraction of sp³-hybridized carbons (Fsp3) is 0.111. The molecule has 3 N–H and O–H groups in total. The maximum atomic E-state index is 10.6. The highest BCUT2D eigenvalue weighted by molar-refractivity contribution is 5.74. The second kappa shape index (κ2) is 6.05. The first-order valence-electron chi connectivity index (χ1n) is 4.64. The van der Waals surface area contributed by atoms with Crippen molar-refractivity contribution in [1.29, 1.82) is 0 Å². The third kappa shape index (κ3) is 4.16. The molecule has 0 aliphatic carbocycles. The van der Waals surface area contributed by atoms with E-state index in [1.54, 1.807) is 12.1 Å². The molecule has 0 heterocycles. The van der Waals surface area contributed by atoms with Crippen molar-refractivity contribution in [3.05, 3.63) is 34.4 Å². The van der Waals surface area contributed by atoms with Crippen LogP contribution in [0.5, 0.6) is 0 Å². The number of benzene rings is 1. The van der Waals surface area contributed by atoms with Crippen molar-refractivity contribution < 1.29 is 9.72 Å². The number of hydrazone groups is 1. The van der Waals surface area contributed by atoms with Gasteiger partial charge in [0.1, 0.15) is 12.0 Å². The molecule has 8 heteroatoms. The molecule has 0 aliphatic rings. The summed E-state index contributed by atoms with van der Waals surface area (Å²) in [6.07, 6.45) is 1.16. The predicted molar refractivity (Wildman–Crippen MR) is 62.2 cm³/mol. The van der Waals surface area contributed by atoms with Crippen molar-refractivity contribution in [2.75, 3.05) is 5.43 Å². The third-order valence-corrected chi connectivity index (χ3v) is 1.66. The van der Waals surface area contributed by atoms with Gasteiger partial charge in [-0.2, -0.15) is 5.10 Å². The van der Waals surface area contributed by atoms with Crippen molar-refractivity contribution in [1.82, 2.24) is 10.9 Å². The molecule has 0 radical (unpaired) electrons. The zero-order valence-corrected chi connectivity index (χ0v) is 9.01. The van der Waals surface area contributed by atoms with Gasteiger partial charge in [0.25, 0.3) is 5.69 Å². The minimum Gasteiger partial charge on any atom is -0.287 e. The number of carbonyl (C=O) groups is 1. The van der Waals surface area contributed by atoms with E-state index in [1.165, 1.54) is 19.1 Å². The van der Waals surface area contributed by atoms with Crippen LogP contribution < -0.4 is 16.3 Å². The van der Waals surface area contributed by atoms with Gasteiger partial charge in [0.2, 0.25) is 5.91 Å². The van der Waals surface area contributed by atoms with Crippen LogP contribution in [0.3, 0.4) is 0 Å². The van der Waals surface area contributed by atoms with E-state index in [4.69, 9.17) is 0 Å². The molecule has 90 valence electrons. The van der Waals surface area contributed by atoms with E-state index in [0.29, 0.717) is 0 Å². The van der Waals surface area contributed by atoms with Gasteiger partial charge < -0.3 is 0 Å². The Morgan fingerprint density at radius 1 is 1.47 bits per heavy atom. The molecule has 0 atom stereocenters. The average Bonchev–Trinajstić information content (AvgIpc) is 2.28. The molecule has 1 aromatic rings. The standard InChI is InChI=1S/C9H11N5O3/c1-7(15)12-10-6-11-13-8-4-2-3-5-9(8)14(16)17/h2-6,13H,1H3,(H,10,11)(H,12,15). The fourth-order valence-electron chi connectivity index (χ4n) is 0.995. The third-order valence-electron chi connectivity index (χ3n) is 1.66. The van der Waals surface area contributed by atoms with E-state index in [-0.39, 0.29) is 17.3 Å². The average molecular weight is 237 g/mol. The van der Waals surface area contributed by atoms with Crippen LogP contribution in [0.4, 0.5) is 11.4 Å². The van der Waals surface area contributed by atoms with Crippen LogP contribution in [-0.4, -0.2) is 17.2 Å². The second-order valence-electron chi connectivity index (χ2n) is 2.97. The number of nitrogens with zero attached hydrogens (tertiary/aromatic N) is 2. The Labute approximate surface area is 96.8 Å². The highest BCUT2D eigenvalue weighted by atomic mass is 16.6. The molecule has 1 amide bonds. The van der Waals surface area contributed by atoms with Gasteiger partial charge in [-0.1, -0.05) is 12.1 Å². The summed E-state index contributed by atoms with van der Waals surface area (Å²) in [6.45, 7) is 1.33. The van der Waals surface area contributed by atoms with E-state index in [1.807, 2.05) is 0 Å². The molecule has 0 unspecified atom stereocenters. The predicted octanol–water partition coefficient (Wildman–Crippen LogP) is 0.591. The molecule has 8 nitrogen and oxygen atoms in total. The summed E-state index contributed by atoms with van der Waals surface area (Å²) in [5.74, 6) is -0.276. The van der Waals surface area contributed by atoms with Crippen LogP contribution >= 0.6 is 0 Å². The summed E-state index contributed by atoms with van der Waals surface area (Å²) in [6, 6.07) is 6.08. The molecule has 17 heavy (non-hydrogen) atoms. The van der Waals surface area contributed by atoms with Crippen LogP contribution in [0.2, 0.25) is 0 Å². The van der Waals surface area contributed by atoms with Gasteiger partial charge in [-0.3, -0.25) is 31.2 Å². The number of nitro benzene ring substituents is 1. The molecule has 0 saturated carbocycles. The number of rotatable bonds is 5. The minimum atomic E-state index is -0.515. The van der Waals surface area contributed by atoms with Crippen molar-refractivity contribution in [3.8, 4) is 0 Å². The fourth-order valence-corrected chi connectivity index (χ4v) is 0.995.